The summed E-state index contributed by atoms with van der Waals surface area (Å²) in [6.45, 7) is 19.3. The first-order valence-electron chi connectivity index (χ1n) is 13.4. The van der Waals surface area contributed by atoms with Gasteiger partial charge in [-0.25, -0.2) is 0 Å². The van der Waals surface area contributed by atoms with E-state index in [4.69, 9.17) is 4.74 Å². The van der Waals surface area contributed by atoms with E-state index < -0.39 is 18.4 Å². The van der Waals surface area contributed by atoms with Crippen molar-refractivity contribution in [3.05, 3.63) is 9.67 Å². The molecule has 2 aliphatic rings. The van der Waals surface area contributed by atoms with Gasteiger partial charge >= 0.3 is 200 Å². The van der Waals surface area contributed by atoms with Crippen LogP contribution in [0.4, 0.5) is 0 Å². The average Bonchev–Trinajstić information content (AvgIpc) is 3.24. The van der Waals surface area contributed by atoms with Crippen LogP contribution < -0.4 is 5.43 Å². The number of hydrogen-bond donors (Lipinski definition) is 1. The van der Waals surface area contributed by atoms with Gasteiger partial charge in [-0.1, -0.05) is 0 Å². The van der Waals surface area contributed by atoms with E-state index in [1.807, 2.05) is 10.7 Å². The second-order valence-electron chi connectivity index (χ2n) is 11.7. The van der Waals surface area contributed by atoms with Crippen LogP contribution in [0.1, 0.15) is 99.8 Å². The summed E-state index contributed by atoms with van der Waals surface area (Å²) < 4.78 is 12.2. The second kappa shape index (κ2) is 12.2. The van der Waals surface area contributed by atoms with Gasteiger partial charge in [-0.2, -0.15) is 0 Å². The van der Waals surface area contributed by atoms with Crippen LogP contribution in [-0.4, -0.2) is 55.7 Å². The Morgan fingerprint density at radius 1 is 1.00 bits per heavy atom. The molecule has 3 nitrogen and oxygen atoms in total. The van der Waals surface area contributed by atoms with Crippen LogP contribution in [0.15, 0.2) is 9.67 Å². The van der Waals surface area contributed by atoms with Crippen LogP contribution in [0.5, 0.6) is 0 Å². The zero-order valence-corrected chi connectivity index (χ0v) is 25.1. The van der Waals surface area contributed by atoms with Crippen LogP contribution in [0.25, 0.3) is 0 Å². The third-order valence-corrected chi connectivity index (χ3v) is 25.0. The number of nitrogens with zero attached hydrogens (tertiary/aromatic N) is 1. The molecule has 1 N–H and O–H groups in total. The van der Waals surface area contributed by atoms with Gasteiger partial charge in [0.15, 0.2) is 0 Å². The summed E-state index contributed by atoms with van der Waals surface area (Å²) in [7, 11) is 1.84. The Bertz CT molecular complexity index is 550. The predicted molar refractivity (Wildman–Crippen MR) is 139 cm³/mol. The molecule has 1 heterocycles. The summed E-state index contributed by atoms with van der Waals surface area (Å²) in [5.74, 6) is 0. The van der Waals surface area contributed by atoms with Crippen LogP contribution in [-0.2, 0) is 4.74 Å². The number of methoxy groups -OCH3 is 1. The Labute approximate surface area is 199 Å². The average molecular weight is 541 g/mol. The summed E-state index contributed by atoms with van der Waals surface area (Å²) in [6.07, 6.45) is 13.7. The summed E-state index contributed by atoms with van der Waals surface area (Å²) in [5, 5.41) is 2.54. The molecule has 1 aliphatic heterocycles. The molecule has 0 amide bonds. The van der Waals surface area contributed by atoms with Crippen molar-refractivity contribution in [3.63, 3.8) is 0 Å². The van der Waals surface area contributed by atoms with E-state index in [9.17, 15) is 0 Å². The molecule has 0 aromatic rings. The van der Waals surface area contributed by atoms with Crippen LogP contribution >= 0.6 is 0 Å². The van der Waals surface area contributed by atoms with E-state index in [1.54, 1.807) is 13.3 Å². The topological polar surface area (TPSA) is 24.5 Å². The van der Waals surface area contributed by atoms with Crippen molar-refractivity contribution in [3.8, 4) is 0 Å². The Hall–Kier alpha value is 0.419. The van der Waals surface area contributed by atoms with Crippen molar-refractivity contribution in [2.45, 2.75) is 125 Å². The van der Waals surface area contributed by atoms with Gasteiger partial charge in [-0.15, -0.1) is 0 Å². The molecule has 1 unspecified atom stereocenters. The van der Waals surface area contributed by atoms with Gasteiger partial charge in [-0.3, -0.25) is 0 Å². The Kier molecular flexibility index (Phi) is 10.9. The van der Waals surface area contributed by atoms with Crippen LogP contribution in [0.2, 0.25) is 13.3 Å². The van der Waals surface area contributed by atoms with Crippen LogP contribution in [0, 0.1) is 10.8 Å². The van der Waals surface area contributed by atoms with Crippen molar-refractivity contribution in [1.82, 2.24) is 10.4 Å². The van der Waals surface area contributed by atoms with E-state index >= 15 is 0 Å². The van der Waals surface area contributed by atoms with E-state index in [0.29, 0.717) is 12.1 Å². The molecule has 0 radical (unpaired) electrons. The molecule has 0 spiro atoms. The molecule has 1 saturated heterocycles. The number of ether oxygens (including phenoxy) is 1. The molecule has 4 heteroatoms. The minimum atomic E-state index is -2.46. The molecule has 31 heavy (non-hydrogen) atoms. The third-order valence-electron chi connectivity index (χ3n) is 8.31. The van der Waals surface area contributed by atoms with Crippen molar-refractivity contribution >= 4 is 18.4 Å². The van der Waals surface area contributed by atoms with Gasteiger partial charge in [0.05, 0.1) is 0 Å². The molecule has 0 saturated carbocycles. The Morgan fingerprint density at radius 3 is 2.03 bits per heavy atom. The van der Waals surface area contributed by atoms with Gasteiger partial charge < -0.3 is 0 Å². The number of hydrogen-bond acceptors (Lipinski definition) is 3. The van der Waals surface area contributed by atoms with Gasteiger partial charge in [0.1, 0.15) is 0 Å². The van der Waals surface area contributed by atoms with Gasteiger partial charge in [-0.05, 0) is 0 Å². The van der Waals surface area contributed by atoms with Crippen molar-refractivity contribution < 1.29 is 4.74 Å². The fourth-order valence-corrected chi connectivity index (χ4v) is 26.3. The minimum absolute atomic E-state index is 0.200. The molecule has 182 valence electrons. The first-order chi connectivity index (χ1) is 14.7. The van der Waals surface area contributed by atoms with Gasteiger partial charge in [0, 0.05) is 0 Å². The van der Waals surface area contributed by atoms with Crippen molar-refractivity contribution in [2.75, 3.05) is 20.3 Å². The van der Waals surface area contributed by atoms with Crippen molar-refractivity contribution in [1.29, 1.82) is 0 Å². The first-order valence-corrected chi connectivity index (χ1v) is 20.9. The number of hydrazine groups is 1. The zero-order valence-electron chi connectivity index (χ0n) is 22.3. The monoisotopic (exact) mass is 542 g/mol. The standard InChI is InChI=1S/C15H27N2O.3C4H9.Sn/c1-14(2)8-9-15(3,4)13(14)16-17-10-6-7-12(17)11-18-5;3*1-3-4-2;/h8,12-13,16H,6-7,10-11H2,1-5H3;3*1,3-4H2,2H3;/t12-,13?;;;;/m0..../s1. The molecule has 0 aromatic carbocycles. The predicted octanol–water partition coefficient (Wildman–Crippen LogP) is 7.35. The molecule has 2 atom stereocenters. The summed E-state index contributed by atoms with van der Waals surface area (Å²) in [5.41, 5.74) is 4.54. The molecule has 2 rings (SSSR count). The van der Waals surface area contributed by atoms with E-state index in [1.165, 1.54) is 51.4 Å². The van der Waals surface area contributed by atoms with Crippen LogP contribution in [0.3, 0.4) is 0 Å². The summed E-state index contributed by atoms with van der Waals surface area (Å²) in [6, 6.07) is 1.00. The van der Waals surface area contributed by atoms with E-state index in [2.05, 4.69) is 65.0 Å². The molecule has 0 aromatic heterocycles. The zero-order chi connectivity index (χ0) is 23.1. The molecule has 0 bridgehead atoms. The maximum absolute atomic E-state index is 5.55. The Balaban J connectivity index is 2.37. The van der Waals surface area contributed by atoms with E-state index in [-0.39, 0.29) is 10.8 Å². The van der Waals surface area contributed by atoms with Gasteiger partial charge in [0.2, 0.25) is 0 Å². The Morgan fingerprint density at radius 2 is 1.55 bits per heavy atom. The molecular formula is C27H54N2OSn. The normalized spacial score (nSPS) is 25.9. The maximum atomic E-state index is 5.55. The number of nitrogens with one attached hydrogen (secondary N) is 1. The molecule has 1 fully saturated rings. The fraction of sp³-hybridized carbons (Fsp3) is 0.926. The number of unbranched alkanes of at least 4 members (excludes halogenated alkanes) is 3. The quantitative estimate of drug-likeness (QED) is 0.233. The summed E-state index contributed by atoms with van der Waals surface area (Å²) >= 11 is -2.46. The third kappa shape index (κ3) is 6.51. The summed E-state index contributed by atoms with van der Waals surface area (Å²) in [4.78, 5) is 0. The SMILES string of the molecule is CCC[CH2][Sn]([CH2]CCC)([CH2]CCC)[C]1=CC(C)(C)C(NN2CCC[C@H]2COC)C1(C)C. The fourth-order valence-electron chi connectivity index (χ4n) is 6.75. The van der Waals surface area contributed by atoms with Gasteiger partial charge in [0.25, 0.3) is 0 Å². The van der Waals surface area contributed by atoms with Crippen molar-refractivity contribution in [2.24, 2.45) is 10.8 Å². The molecule has 1 aliphatic carbocycles. The first kappa shape index (κ1) is 27.7. The molecular weight excluding hydrogens is 487 g/mol. The number of rotatable bonds is 14. The second-order valence-corrected chi connectivity index (χ2v) is 24.8. The van der Waals surface area contributed by atoms with E-state index in [0.717, 1.165) is 13.2 Å².